The topological polar surface area (TPSA) is 66.9 Å². The fraction of sp³-hybridized carbons (Fsp3) is 0.350. The van der Waals surface area contributed by atoms with Gasteiger partial charge in [0.2, 0.25) is 0 Å². The van der Waals surface area contributed by atoms with Crippen LogP contribution in [0.4, 0.5) is 14.9 Å². The van der Waals surface area contributed by atoms with Crippen LogP contribution in [0.1, 0.15) is 12.5 Å². The Morgan fingerprint density at radius 2 is 1.75 bits per heavy atom. The molecule has 2 saturated heterocycles. The Hall–Kier alpha value is -2.61. The van der Waals surface area contributed by atoms with Gasteiger partial charge in [0.15, 0.2) is 9.84 Å². The number of fused-ring (bicyclic) bond motifs is 1. The molecule has 0 saturated carbocycles. The molecule has 0 unspecified atom stereocenters. The van der Waals surface area contributed by atoms with E-state index in [1.165, 1.54) is 15.9 Å². The zero-order chi connectivity index (χ0) is 19.9. The Bertz CT molecular complexity index is 994. The van der Waals surface area contributed by atoms with Gasteiger partial charge in [-0.2, -0.15) is 0 Å². The number of urea groups is 1. The summed E-state index contributed by atoms with van der Waals surface area (Å²) >= 11 is 0. The van der Waals surface area contributed by atoms with E-state index in [4.69, 9.17) is 4.74 Å². The summed E-state index contributed by atoms with van der Waals surface area (Å²) in [6.07, 6.45) is 0. The molecule has 28 heavy (non-hydrogen) atoms. The molecule has 2 aromatic carbocycles. The van der Waals surface area contributed by atoms with Crippen molar-refractivity contribution in [1.82, 2.24) is 4.90 Å². The molecule has 2 heterocycles. The Morgan fingerprint density at radius 1 is 1.07 bits per heavy atom. The monoisotopic (exact) mass is 404 g/mol. The highest BCUT2D eigenvalue weighted by molar-refractivity contribution is 7.91. The zero-order valence-corrected chi connectivity index (χ0v) is 16.2. The van der Waals surface area contributed by atoms with Crippen LogP contribution in [0, 0.1) is 5.82 Å². The van der Waals surface area contributed by atoms with Crippen LogP contribution in [0.15, 0.2) is 48.5 Å². The molecular formula is C20H21FN2O4S. The fourth-order valence-electron chi connectivity index (χ4n) is 3.94. The molecule has 2 fully saturated rings. The average molecular weight is 404 g/mol. The summed E-state index contributed by atoms with van der Waals surface area (Å²) in [5.74, 6) is 0.0689. The van der Waals surface area contributed by atoms with E-state index in [9.17, 15) is 17.6 Å². The Kier molecular flexibility index (Phi) is 4.74. The maximum atomic E-state index is 14.1. The molecule has 0 radical (unpaired) electrons. The van der Waals surface area contributed by atoms with E-state index in [2.05, 4.69) is 0 Å². The number of hydrogen-bond donors (Lipinski definition) is 0. The quantitative estimate of drug-likeness (QED) is 0.719. The van der Waals surface area contributed by atoms with Gasteiger partial charge in [0.05, 0.1) is 36.7 Å². The number of halogens is 1. The van der Waals surface area contributed by atoms with Gasteiger partial charge in [0.1, 0.15) is 11.6 Å². The average Bonchev–Trinajstić information content (AvgIpc) is 3.08. The lowest BCUT2D eigenvalue weighted by Crippen LogP contribution is -2.37. The molecular weight excluding hydrogens is 383 g/mol. The third kappa shape index (κ3) is 3.32. The number of anilines is 1. The van der Waals surface area contributed by atoms with Crippen LogP contribution in [0.3, 0.4) is 0 Å². The minimum atomic E-state index is -3.28. The Labute approximate surface area is 163 Å². The van der Waals surface area contributed by atoms with Crippen molar-refractivity contribution < 1.29 is 22.3 Å². The summed E-state index contributed by atoms with van der Waals surface area (Å²) in [7, 11) is -3.28. The summed E-state index contributed by atoms with van der Waals surface area (Å²) in [5.41, 5.74) is 0.976. The van der Waals surface area contributed by atoms with Gasteiger partial charge < -0.3 is 9.64 Å². The number of hydrogen-bond acceptors (Lipinski definition) is 4. The van der Waals surface area contributed by atoms with Gasteiger partial charge in [-0.15, -0.1) is 0 Å². The summed E-state index contributed by atoms with van der Waals surface area (Å²) in [4.78, 5) is 16.2. The lowest BCUT2D eigenvalue weighted by atomic mass is 10.1. The predicted molar refractivity (Wildman–Crippen MR) is 104 cm³/mol. The molecule has 0 bridgehead atoms. The van der Waals surface area contributed by atoms with Crippen molar-refractivity contribution in [2.75, 3.05) is 23.0 Å². The van der Waals surface area contributed by atoms with Crippen LogP contribution in [0.5, 0.6) is 5.75 Å². The second kappa shape index (κ2) is 7.09. The summed E-state index contributed by atoms with van der Waals surface area (Å²) < 4.78 is 44.1. The van der Waals surface area contributed by atoms with E-state index in [0.29, 0.717) is 23.6 Å². The van der Waals surface area contributed by atoms with Gasteiger partial charge in [-0.1, -0.05) is 18.2 Å². The van der Waals surface area contributed by atoms with E-state index in [1.807, 2.05) is 6.92 Å². The molecule has 148 valence electrons. The lowest BCUT2D eigenvalue weighted by molar-refractivity contribution is 0.205. The van der Waals surface area contributed by atoms with Gasteiger partial charge in [-0.25, -0.2) is 17.6 Å². The summed E-state index contributed by atoms with van der Waals surface area (Å²) in [5, 5.41) is 0. The van der Waals surface area contributed by atoms with Crippen LogP contribution < -0.4 is 9.64 Å². The van der Waals surface area contributed by atoms with Gasteiger partial charge in [0, 0.05) is 11.3 Å². The van der Waals surface area contributed by atoms with Gasteiger partial charge in [-0.3, -0.25) is 4.90 Å². The minimum Gasteiger partial charge on any atom is -0.494 e. The highest BCUT2D eigenvalue weighted by Gasteiger charge is 2.53. The standard InChI is InChI=1S/C20H21FN2O4S/c1-2-27-16-9-7-15(8-10-16)23-19-13-28(25,26)12-18(19)22(20(23)24)11-14-5-3-4-6-17(14)21/h3-10,18-19H,2,11-13H2,1H3/t18-,19-/m0/s1. The number of nitrogens with zero attached hydrogens (tertiary/aromatic N) is 2. The number of amides is 2. The van der Waals surface area contributed by atoms with Crippen LogP contribution in [0.2, 0.25) is 0 Å². The molecule has 4 rings (SSSR count). The summed E-state index contributed by atoms with van der Waals surface area (Å²) in [6, 6.07) is 11.9. The molecule has 0 aliphatic carbocycles. The van der Waals surface area contributed by atoms with Crippen LogP contribution in [-0.2, 0) is 16.4 Å². The minimum absolute atomic E-state index is 0.0374. The summed E-state index contributed by atoms with van der Waals surface area (Å²) in [6.45, 7) is 2.45. The van der Waals surface area contributed by atoms with Crippen LogP contribution in [-0.4, -0.2) is 49.5 Å². The van der Waals surface area contributed by atoms with Crippen molar-refractivity contribution in [1.29, 1.82) is 0 Å². The third-order valence-electron chi connectivity index (χ3n) is 5.20. The van der Waals surface area contributed by atoms with Crippen molar-refractivity contribution in [3.63, 3.8) is 0 Å². The highest BCUT2D eigenvalue weighted by atomic mass is 32.2. The first-order valence-electron chi connectivity index (χ1n) is 9.16. The third-order valence-corrected chi connectivity index (χ3v) is 6.90. The predicted octanol–water partition coefficient (Wildman–Crippen LogP) is 2.83. The number of carbonyl (C=O) groups excluding carboxylic acids is 1. The van der Waals surface area contributed by atoms with E-state index in [0.717, 1.165) is 0 Å². The molecule has 2 aromatic rings. The van der Waals surface area contributed by atoms with Crippen molar-refractivity contribution in [2.45, 2.75) is 25.6 Å². The van der Waals surface area contributed by atoms with Gasteiger partial charge >= 0.3 is 6.03 Å². The number of sulfone groups is 1. The maximum Gasteiger partial charge on any atom is 0.325 e. The second-order valence-corrected chi connectivity index (χ2v) is 9.16. The SMILES string of the molecule is CCOc1ccc(N2C(=O)N(Cc3ccccc3F)[C@H]3CS(=O)(=O)C[C@@H]32)cc1. The largest absolute Gasteiger partial charge is 0.494 e. The maximum absolute atomic E-state index is 14.1. The van der Waals surface area contributed by atoms with E-state index in [1.54, 1.807) is 42.5 Å². The number of benzene rings is 2. The molecule has 2 amide bonds. The first-order chi connectivity index (χ1) is 13.4. The Balaban J connectivity index is 1.67. The molecule has 2 atom stereocenters. The van der Waals surface area contributed by atoms with Crippen molar-refractivity contribution >= 4 is 21.6 Å². The fourth-order valence-corrected chi connectivity index (χ4v) is 5.89. The first-order valence-corrected chi connectivity index (χ1v) is 11.0. The van der Waals surface area contributed by atoms with Gasteiger partial charge in [-0.05, 0) is 37.3 Å². The second-order valence-electron chi connectivity index (χ2n) is 7.01. The molecule has 0 aromatic heterocycles. The van der Waals surface area contributed by atoms with Crippen molar-refractivity contribution in [2.24, 2.45) is 0 Å². The van der Waals surface area contributed by atoms with Crippen LogP contribution in [0.25, 0.3) is 0 Å². The van der Waals surface area contributed by atoms with Crippen LogP contribution >= 0.6 is 0 Å². The highest BCUT2D eigenvalue weighted by Crippen LogP contribution is 2.36. The molecule has 2 aliphatic rings. The lowest BCUT2D eigenvalue weighted by Gasteiger charge is -2.23. The van der Waals surface area contributed by atoms with E-state index >= 15 is 0 Å². The number of carbonyl (C=O) groups is 1. The first kappa shape index (κ1) is 18.7. The molecule has 0 N–H and O–H groups in total. The molecule has 2 aliphatic heterocycles. The van der Waals surface area contributed by atoms with Crippen molar-refractivity contribution in [3.05, 3.63) is 59.9 Å². The molecule has 0 spiro atoms. The normalized spacial score (nSPS) is 23.1. The number of ether oxygens (including phenoxy) is 1. The molecule has 6 nitrogen and oxygen atoms in total. The van der Waals surface area contributed by atoms with E-state index < -0.39 is 27.7 Å². The smallest absolute Gasteiger partial charge is 0.325 e. The Morgan fingerprint density at radius 3 is 2.43 bits per heavy atom. The zero-order valence-electron chi connectivity index (χ0n) is 15.4. The molecule has 8 heteroatoms. The van der Waals surface area contributed by atoms with Gasteiger partial charge in [0.25, 0.3) is 0 Å². The number of rotatable bonds is 5. The van der Waals surface area contributed by atoms with Crippen molar-refractivity contribution in [3.8, 4) is 5.75 Å². The van der Waals surface area contributed by atoms with E-state index in [-0.39, 0.29) is 24.1 Å².